The second-order valence-corrected chi connectivity index (χ2v) is 5.88. The van der Waals surface area contributed by atoms with E-state index in [0.29, 0.717) is 6.61 Å². The van der Waals surface area contributed by atoms with Gasteiger partial charge in [0, 0.05) is 13.1 Å². The van der Waals surface area contributed by atoms with Gasteiger partial charge in [0.15, 0.2) is 0 Å². The topological polar surface area (TPSA) is 32.7 Å². The molecule has 3 aliphatic rings. The van der Waals surface area contributed by atoms with E-state index in [9.17, 15) is 5.11 Å². The molecule has 0 aliphatic carbocycles. The van der Waals surface area contributed by atoms with Crippen molar-refractivity contribution in [2.45, 2.75) is 37.8 Å². The van der Waals surface area contributed by atoms with Crippen LogP contribution in [0, 0.1) is 5.92 Å². The van der Waals surface area contributed by atoms with E-state index in [0.717, 1.165) is 44.0 Å². The number of fused-ring (bicyclic) bond motifs is 3. The maximum absolute atomic E-state index is 10.7. The van der Waals surface area contributed by atoms with Crippen LogP contribution in [0.3, 0.4) is 0 Å². The first-order valence-electron chi connectivity index (χ1n) is 7.42. The number of aliphatic hydroxyl groups is 1. The molecule has 3 fully saturated rings. The minimum atomic E-state index is -0.554. The second-order valence-electron chi connectivity index (χ2n) is 5.88. The summed E-state index contributed by atoms with van der Waals surface area (Å²) in [5, 5.41) is 10.7. The summed E-state index contributed by atoms with van der Waals surface area (Å²) in [7, 11) is 0. The van der Waals surface area contributed by atoms with Crippen molar-refractivity contribution in [3.63, 3.8) is 0 Å². The maximum atomic E-state index is 10.7. The van der Waals surface area contributed by atoms with E-state index < -0.39 is 5.72 Å². The Labute approximate surface area is 115 Å². The van der Waals surface area contributed by atoms with Crippen molar-refractivity contribution in [2.24, 2.45) is 5.92 Å². The predicted molar refractivity (Wildman–Crippen MR) is 75.0 cm³/mol. The van der Waals surface area contributed by atoms with Crippen molar-refractivity contribution in [3.05, 3.63) is 30.3 Å². The molecule has 3 heteroatoms. The van der Waals surface area contributed by atoms with Crippen LogP contribution in [0.15, 0.2) is 30.3 Å². The molecule has 1 N–H and O–H groups in total. The van der Waals surface area contributed by atoms with Gasteiger partial charge in [-0.15, -0.1) is 0 Å². The van der Waals surface area contributed by atoms with Gasteiger partial charge in [0.25, 0.3) is 0 Å². The molecular formula is C16H23NO2. The van der Waals surface area contributed by atoms with Crippen LogP contribution in [-0.2, 0) is 0 Å². The largest absolute Gasteiger partial charge is 0.494 e. The van der Waals surface area contributed by atoms with E-state index in [1.807, 2.05) is 30.3 Å². The van der Waals surface area contributed by atoms with Crippen molar-refractivity contribution in [1.29, 1.82) is 0 Å². The predicted octanol–water partition coefficient (Wildman–Crippen LogP) is 2.65. The van der Waals surface area contributed by atoms with Crippen molar-refractivity contribution >= 4 is 0 Å². The third kappa shape index (κ3) is 2.93. The Morgan fingerprint density at radius 3 is 2.58 bits per heavy atom. The van der Waals surface area contributed by atoms with Gasteiger partial charge in [-0.2, -0.15) is 0 Å². The first kappa shape index (κ1) is 12.9. The molecule has 0 spiro atoms. The Morgan fingerprint density at radius 2 is 1.95 bits per heavy atom. The highest BCUT2D eigenvalue weighted by atomic mass is 16.5. The smallest absolute Gasteiger partial charge is 0.119 e. The minimum absolute atomic E-state index is 0.554. The van der Waals surface area contributed by atoms with E-state index in [4.69, 9.17) is 4.74 Å². The van der Waals surface area contributed by atoms with Crippen molar-refractivity contribution in [3.8, 4) is 5.75 Å². The van der Waals surface area contributed by atoms with Crippen LogP contribution >= 0.6 is 0 Å². The van der Waals surface area contributed by atoms with Crippen LogP contribution in [0.2, 0.25) is 0 Å². The molecule has 3 aliphatic heterocycles. The summed E-state index contributed by atoms with van der Waals surface area (Å²) in [5.74, 6) is 1.66. The van der Waals surface area contributed by atoms with E-state index >= 15 is 0 Å². The summed E-state index contributed by atoms with van der Waals surface area (Å²) in [6.07, 6.45) is 5.23. The van der Waals surface area contributed by atoms with Crippen molar-refractivity contribution in [2.75, 3.05) is 19.7 Å². The van der Waals surface area contributed by atoms with Gasteiger partial charge in [0.1, 0.15) is 11.5 Å². The molecule has 0 aromatic heterocycles. The third-order valence-corrected chi connectivity index (χ3v) is 4.55. The Morgan fingerprint density at radius 1 is 1.21 bits per heavy atom. The molecule has 1 atom stereocenters. The van der Waals surface area contributed by atoms with Crippen LogP contribution in [0.1, 0.15) is 32.1 Å². The molecule has 19 heavy (non-hydrogen) atoms. The molecule has 104 valence electrons. The summed E-state index contributed by atoms with van der Waals surface area (Å²) >= 11 is 0. The van der Waals surface area contributed by atoms with Crippen molar-refractivity contribution in [1.82, 2.24) is 4.90 Å². The summed E-state index contributed by atoms with van der Waals surface area (Å²) in [5.41, 5.74) is -0.554. The number of hydrogen-bond acceptors (Lipinski definition) is 3. The van der Waals surface area contributed by atoms with Crippen LogP contribution in [-0.4, -0.2) is 35.4 Å². The summed E-state index contributed by atoms with van der Waals surface area (Å²) in [6.45, 7) is 2.83. The van der Waals surface area contributed by atoms with E-state index in [-0.39, 0.29) is 0 Å². The molecule has 1 unspecified atom stereocenters. The van der Waals surface area contributed by atoms with Gasteiger partial charge in [-0.25, -0.2) is 0 Å². The fourth-order valence-electron chi connectivity index (χ4n) is 3.47. The number of hydrogen-bond donors (Lipinski definition) is 1. The second kappa shape index (κ2) is 5.51. The van der Waals surface area contributed by atoms with Gasteiger partial charge in [0.05, 0.1) is 6.61 Å². The van der Waals surface area contributed by atoms with Gasteiger partial charge in [0.2, 0.25) is 0 Å². The number of para-hydroxylation sites is 1. The average Bonchev–Trinajstić information content (AvgIpc) is 2.46. The Bertz CT molecular complexity index is 400. The quantitative estimate of drug-likeness (QED) is 0.827. The molecule has 3 saturated heterocycles. The molecule has 0 amide bonds. The molecule has 1 aromatic carbocycles. The third-order valence-electron chi connectivity index (χ3n) is 4.55. The molecule has 1 aromatic rings. The van der Waals surface area contributed by atoms with Gasteiger partial charge < -0.3 is 9.84 Å². The SMILES string of the molecule is OC1(CCCOc2ccccc2)CC2CCN1CC2. The van der Waals surface area contributed by atoms with E-state index in [2.05, 4.69) is 4.90 Å². The molecule has 4 rings (SSSR count). The average molecular weight is 261 g/mol. The number of ether oxygens (including phenoxy) is 1. The molecule has 2 bridgehead atoms. The zero-order chi connectivity index (χ0) is 13.1. The number of benzene rings is 1. The number of nitrogens with zero attached hydrogens (tertiary/aromatic N) is 1. The normalized spacial score (nSPS) is 33.3. The lowest BCUT2D eigenvalue weighted by atomic mass is 9.79. The fourth-order valence-corrected chi connectivity index (χ4v) is 3.47. The number of rotatable bonds is 5. The Balaban J connectivity index is 1.45. The molecule has 0 saturated carbocycles. The molecule has 3 heterocycles. The standard InChI is InChI=1S/C16H23NO2/c18-16(13-14-7-10-17(16)11-8-14)9-4-12-19-15-5-2-1-3-6-15/h1-3,5-6,14,18H,4,7-13H2. The zero-order valence-electron chi connectivity index (χ0n) is 11.4. The van der Waals surface area contributed by atoms with Gasteiger partial charge in [-0.3, -0.25) is 4.90 Å². The lowest BCUT2D eigenvalue weighted by Crippen LogP contribution is -2.58. The van der Waals surface area contributed by atoms with Crippen LogP contribution in [0.5, 0.6) is 5.75 Å². The maximum Gasteiger partial charge on any atom is 0.119 e. The Hall–Kier alpha value is -1.06. The van der Waals surface area contributed by atoms with Gasteiger partial charge in [-0.1, -0.05) is 18.2 Å². The lowest BCUT2D eigenvalue weighted by Gasteiger charge is -2.51. The highest BCUT2D eigenvalue weighted by Crippen LogP contribution is 2.39. The molecule has 3 nitrogen and oxygen atoms in total. The summed E-state index contributed by atoms with van der Waals surface area (Å²) < 4.78 is 5.69. The van der Waals surface area contributed by atoms with E-state index in [1.165, 1.54) is 12.8 Å². The number of piperidine rings is 3. The monoisotopic (exact) mass is 261 g/mol. The van der Waals surface area contributed by atoms with E-state index in [1.54, 1.807) is 0 Å². The fraction of sp³-hybridized carbons (Fsp3) is 0.625. The summed E-state index contributed by atoms with van der Waals surface area (Å²) in [4.78, 5) is 2.27. The van der Waals surface area contributed by atoms with Crippen LogP contribution < -0.4 is 4.74 Å². The van der Waals surface area contributed by atoms with Gasteiger partial charge >= 0.3 is 0 Å². The zero-order valence-corrected chi connectivity index (χ0v) is 11.4. The minimum Gasteiger partial charge on any atom is -0.494 e. The van der Waals surface area contributed by atoms with Crippen LogP contribution in [0.25, 0.3) is 0 Å². The van der Waals surface area contributed by atoms with Gasteiger partial charge in [-0.05, 0) is 50.2 Å². The molecule has 0 radical (unpaired) electrons. The first-order valence-corrected chi connectivity index (χ1v) is 7.42. The lowest BCUT2D eigenvalue weighted by molar-refractivity contribution is -0.177. The first-order chi connectivity index (χ1) is 9.26. The molecular weight excluding hydrogens is 238 g/mol. The highest BCUT2D eigenvalue weighted by molar-refractivity contribution is 5.20. The Kier molecular flexibility index (Phi) is 3.76. The van der Waals surface area contributed by atoms with Crippen molar-refractivity contribution < 1.29 is 9.84 Å². The van der Waals surface area contributed by atoms with Crippen LogP contribution in [0.4, 0.5) is 0 Å². The highest BCUT2D eigenvalue weighted by Gasteiger charge is 2.43. The summed E-state index contributed by atoms with van der Waals surface area (Å²) in [6, 6.07) is 9.90.